The molecular formula is C26H39NO. The van der Waals surface area contributed by atoms with Gasteiger partial charge in [0.1, 0.15) is 0 Å². The van der Waals surface area contributed by atoms with Crippen molar-refractivity contribution >= 4 is 0 Å². The SMILES string of the molecule is CCCC[C@H]1CC[C@H](CCCO[C@H]2CC[C@H](c3ccc(C#N)cc3)CC2)CC1. The number of ether oxygens (including phenoxy) is 1. The standard InChI is InChI=1S/C26H39NO/c1-2-3-5-21-7-9-22(10-8-21)6-4-19-28-26-17-15-25(16-18-26)24-13-11-23(20-27)12-14-24/h11-14,21-22,25-26H,2-10,15-19H2,1H3/t21-,22-,25-,26-. The zero-order valence-corrected chi connectivity index (χ0v) is 17.9. The second-order valence-electron chi connectivity index (χ2n) is 9.25. The van der Waals surface area contributed by atoms with Crippen LogP contribution < -0.4 is 0 Å². The van der Waals surface area contributed by atoms with E-state index >= 15 is 0 Å². The van der Waals surface area contributed by atoms with E-state index < -0.39 is 0 Å². The van der Waals surface area contributed by atoms with Crippen molar-refractivity contribution in [3.05, 3.63) is 35.4 Å². The van der Waals surface area contributed by atoms with E-state index in [0.29, 0.717) is 12.0 Å². The number of unbranched alkanes of at least 4 members (excludes halogenated alkanes) is 1. The quantitative estimate of drug-likeness (QED) is 0.418. The van der Waals surface area contributed by atoms with Gasteiger partial charge in [-0.15, -0.1) is 0 Å². The molecule has 0 bridgehead atoms. The molecule has 0 aliphatic heterocycles. The Balaban J connectivity index is 1.25. The first-order chi connectivity index (χ1) is 13.8. The molecule has 0 saturated heterocycles. The number of rotatable bonds is 9. The third kappa shape index (κ3) is 6.63. The first-order valence-corrected chi connectivity index (χ1v) is 11.9. The molecule has 2 saturated carbocycles. The van der Waals surface area contributed by atoms with Crippen LogP contribution in [0.4, 0.5) is 0 Å². The molecular weight excluding hydrogens is 342 g/mol. The van der Waals surface area contributed by atoms with Crippen molar-refractivity contribution in [1.82, 2.24) is 0 Å². The Morgan fingerprint density at radius 2 is 1.46 bits per heavy atom. The van der Waals surface area contributed by atoms with Gasteiger partial charge in [0.15, 0.2) is 0 Å². The molecule has 0 aromatic heterocycles. The molecule has 0 radical (unpaired) electrons. The van der Waals surface area contributed by atoms with Crippen LogP contribution in [0.3, 0.4) is 0 Å². The summed E-state index contributed by atoms with van der Waals surface area (Å²) in [6, 6.07) is 10.4. The van der Waals surface area contributed by atoms with E-state index in [9.17, 15) is 0 Å². The van der Waals surface area contributed by atoms with Gasteiger partial charge in [0.05, 0.1) is 17.7 Å². The first-order valence-electron chi connectivity index (χ1n) is 11.9. The molecule has 154 valence electrons. The summed E-state index contributed by atoms with van der Waals surface area (Å²) >= 11 is 0. The van der Waals surface area contributed by atoms with Crippen LogP contribution in [0.2, 0.25) is 0 Å². The van der Waals surface area contributed by atoms with Crippen LogP contribution in [0.15, 0.2) is 24.3 Å². The molecule has 2 nitrogen and oxygen atoms in total. The third-order valence-electron chi connectivity index (χ3n) is 7.23. The topological polar surface area (TPSA) is 33.0 Å². The summed E-state index contributed by atoms with van der Waals surface area (Å²) in [6.07, 6.45) is 18.0. The van der Waals surface area contributed by atoms with Crippen molar-refractivity contribution in [2.75, 3.05) is 6.61 Å². The maximum absolute atomic E-state index is 8.94. The van der Waals surface area contributed by atoms with Gasteiger partial charge >= 0.3 is 0 Å². The fourth-order valence-electron chi connectivity index (χ4n) is 5.32. The average Bonchev–Trinajstić information content (AvgIpc) is 2.76. The fourth-order valence-corrected chi connectivity index (χ4v) is 5.32. The summed E-state index contributed by atoms with van der Waals surface area (Å²) < 4.78 is 6.23. The highest BCUT2D eigenvalue weighted by atomic mass is 16.5. The summed E-state index contributed by atoms with van der Waals surface area (Å²) in [5.74, 6) is 2.64. The van der Waals surface area contributed by atoms with Gasteiger partial charge < -0.3 is 4.74 Å². The molecule has 1 aromatic carbocycles. The summed E-state index contributed by atoms with van der Waals surface area (Å²) in [7, 11) is 0. The minimum atomic E-state index is 0.472. The number of benzene rings is 1. The highest BCUT2D eigenvalue weighted by molar-refractivity contribution is 5.33. The van der Waals surface area contributed by atoms with Gasteiger partial charge in [0, 0.05) is 6.61 Å². The number of hydrogen-bond acceptors (Lipinski definition) is 2. The molecule has 3 rings (SSSR count). The Labute approximate surface area is 172 Å². The van der Waals surface area contributed by atoms with E-state index in [1.165, 1.54) is 89.0 Å². The monoisotopic (exact) mass is 381 g/mol. The second-order valence-corrected chi connectivity index (χ2v) is 9.25. The third-order valence-corrected chi connectivity index (χ3v) is 7.23. The van der Waals surface area contributed by atoms with Crippen molar-refractivity contribution in [2.45, 2.75) is 102 Å². The molecule has 0 spiro atoms. The number of hydrogen-bond donors (Lipinski definition) is 0. The van der Waals surface area contributed by atoms with Gasteiger partial charge in [-0.25, -0.2) is 0 Å². The van der Waals surface area contributed by atoms with Crippen LogP contribution in [0.1, 0.15) is 107 Å². The highest BCUT2D eigenvalue weighted by Gasteiger charge is 2.23. The van der Waals surface area contributed by atoms with Crippen LogP contribution >= 0.6 is 0 Å². The Hall–Kier alpha value is -1.33. The molecule has 1 aromatic rings. The Kier molecular flexibility index (Phi) is 8.87. The molecule has 0 N–H and O–H groups in total. The second kappa shape index (κ2) is 11.6. The summed E-state index contributed by atoms with van der Waals surface area (Å²) in [4.78, 5) is 0. The Bertz CT molecular complexity index is 586. The summed E-state index contributed by atoms with van der Waals surface area (Å²) in [5.41, 5.74) is 2.15. The zero-order valence-electron chi connectivity index (χ0n) is 17.9. The van der Waals surface area contributed by atoms with Crippen LogP contribution in [0.5, 0.6) is 0 Å². The Morgan fingerprint density at radius 3 is 2.04 bits per heavy atom. The predicted molar refractivity (Wildman–Crippen MR) is 116 cm³/mol. The van der Waals surface area contributed by atoms with Gasteiger partial charge in [0.2, 0.25) is 0 Å². The zero-order chi connectivity index (χ0) is 19.6. The number of nitrogens with zero attached hydrogens (tertiary/aromatic N) is 1. The molecule has 0 unspecified atom stereocenters. The van der Waals surface area contributed by atoms with Crippen LogP contribution in [0, 0.1) is 23.2 Å². The van der Waals surface area contributed by atoms with Gasteiger partial charge in [-0.2, -0.15) is 5.26 Å². The maximum Gasteiger partial charge on any atom is 0.0991 e. The van der Waals surface area contributed by atoms with Crippen molar-refractivity contribution in [2.24, 2.45) is 11.8 Å². The molecule has 2 aliphatic carbocycles. The van der Waals surface area contributed by atoms with Crippen LogP contribution in [0.25, 0.3) is 0 Å². The van der Waals surface area contributed by atoms with Gasteiger partial charge in [-0.1, -0.05) is 64.0 Å². The normalized spacial score (nSPS) is 28.0. The van der Waals surface area contributed by atoms with Crippen molar-refractivity contribution in [3.63, 3.8) is 0 Å². The summed E-state index contributed by atoms with van der Waals surface area (Å²) in [5, 5.41) is 8.94. The Morgan fingerprint density at radius 1 is 0.857 bits per heavy atom. The lowest BCUT2D eigenvalue weighted by Gasteiger charge is -2.30. The molecule has 2 aliphatic rings. The average molecular weight is 382 g/mol. The molecule has 2 fully saturated rings. The lowest BCUT2D eigenvalue weighted by molar-refractivity contribution is 0.0204. The predicted octanol–water partition coefficient (Wildman–Crippen LogP) is 7.38. The first kappa shape index (κ1) is 21.4. The van der Waals surface area contributed by atoms with E-state index in [1.807, 2.05) is 12.1 Å². The van der Waals surface area contributed by atoms with Crippen molar-refractivity contribution in [3.8, 4) is 6.07 Å². The minimum Gasteiger partial charge on any atom is -0.378 e. The van der Waals surface area contributed by atoms with Crippen LogP contribution in [-0.2, 0) is 4.74 Å². The molecule has 2 heteroatoms. The largest absolute Gasteiger partial charge is 0.378 e. The van der Waals surface area contributed by atoms with E-state index in [0.717, 1.165) is 24.0 Å². The van der Waals surface area contributed by atoms with E-state index in [2.05, 4.69) is 25.1 Å². The van der Waals surface area contributed by atoms with Crippen LogP contribution in [-0.4, -0.2) is 12.7 Å². The lowest BCUT2D eigenvalue weighted by Crippen LogP contribution is -2.21. The summed E-state index contributed by atoms with van der Waals surface area (Å²) in [6.45, 7) is 3.27. The van der Waals surface area contributed by atoms with E-state index in [-0.39, 0.29) is 0 Å². The van der Waals surface area contributed by atoms with Gasteiger partial charge in [-0.05, 0) is 74.0 Å². The molecule has 0 amide bonds. The molecule has 0 heterocycles. The minimum absolute atomic E-state index is 0.472. The maximum atomic E-state index is 8.94. The van der Waals surface area contributed by atoms with Crippen molar-refractivity contribution in [1.29, 1.82) is 5.26 Å². The van der Waals surface area contributed by atoms with E-state index in [4.69, 9.17) is 10.00 Å². The number of nitriles is 1. The highest BCUT2D eigenvalue weighted by Crippen LogP contribution is 2.35. The van der Waals surface area contributed by atoms with Crippen molar-refractivity contribution < 1.29 is 4.74 Å². The van der Waals surface area contributed by atoms with E-state index in [1.54, 1.807) is 0 Å². The smallest absolute Gasteiger partial charge is 0.0991 e. The van der Waals surface area contributed by atoms with Gasteiger partial charge in [-0.3, -0.25) is 0 Å². The molecule has 0 atom stereocenters. The molecule has 28 heavy (non-hydrogen) atoms. The van der Waals surface area contributed by atoms with Gasteiger partial charge in [0.25, 0.3) is 0 Å². The fraction of sp³-hybridized carbons (Fsp3) is 0.731. The lowest BCUT2D eigenvalue weighted by atomic mass is 9.78.